The van der Waals surface area contributed by atoms with E-state index in [1.807, 2.05) is 6.08 Å². The molecule has 0 aliphatic carbocycles. The van der Waals surface area contributed by atoms with Gasteiger partial charge in [0.25, 0.3) is 0 Å². The normalized spacial score (nSPS) is 12.4. The highest BCUT2D eigenvalue weighted by Crippen LogP contribution is 2.20. The first kappa shape index (κ1) is 14.8. The van der Waals surface area contributed by atoms with Gasteiger partial charge in [-0.05, 0) is 42.0 Å². The second-order valence-corrected chi connectivity index (χ2v) is 5.53. The highest BCUT2D eigenvalue weighted by Gasteiger charge is 2.06. The molecule has 2 rings (SSSR count). The van der Waals surface area contributed by atoms with Gasteiger partial charge < -0.3 is 5.73 Å². The van der Waals surface area contributed by atoms with Crippen LogP contribution in [0.15, 0.2) is 55.1 Å². The first-order valence-electron chi connectivity index (χ1n) is 7.64. The lowest BCUT2D eigenvalue weighted by Gasteiger charge is -2.13. The zero-order valence-electron chi connectivity index (χ0n) is 12.2. The Morgan fingerprint density at radius 3 is 2.65 bits per heavy atom. The summed E-state index contributed by atoms with van der Waals surface area (Å²) in [4.78, 5) is 0. The van der Waals surface area contributed by atoms with Crippen molar-refractivity contribution in [1.82, 2.24) is 0 Å². The first-order valence-corrected chi connectivity index (χ1v) is 7.64. The third-order valence-corrected chi connectivity index (χ3v) is 3.85. The molecule has 0 aliphatic rings. The van der Waals surface area contributed by atoms with E-state index in [0.29, 0.717) is 0 Å². The molecule has 1 heteroatoms. The summed E-state index contributed by atoms with van der Waals surface area (Å²) in [5.41, 5.74) is 7.67. The highest BCUT2D eigenvalue weighted by molar-refractivity contribution is 5.85. The minimum atomic E-state index is 0.268. The molecule has 0 fully saturated rings. The van der Waals surface area contributed by atoms with Crippen molar-refractivity contribution < 1.29 is 0 Å². The molecule has 0 amide bonds. The van der Waals surface area contributed by atoms with Crippen molar-refractivity contribution >= 4 is 10.8 Å². The van der Waals surface area contributed by atoms with E-state index in [-0.39, 0.29) is 6.04 Å². The summed E-state index contributed by atoms with van der Waals surface area (Å²) in [7, 11) is 0. The summed E-state index contributed by atoms with van der Waals surface area (Å²) >= 11 is 0. The van der Waals surface area contributed by atoms with Crippen molar-refractivity contribution in [2.45, 2.75) is 44.6 Å². The van der Waals surface area contributed by atoms with Crippen molar-refractivity contribution in [3.8, 4) is 0 Å². The van der Waals surface area contributed by atoms with Gasteiger partial charge in [0, 0.05) is 6.04 Å². The number of nitrogens with two attached hydrogens (primary N) is 1. The maximum Gasteiger partial charge on any atom is 0.00795 e. The van der Waals surface area contributed by atoms with Crippen LogP contribution in [0.4, 0.5) is 0 Å². The Morgan fingerprint density at radius 1 is 1.00 bits per heavy atom. The fraction of sp³-hybridized carbons (Fsp3) is 0.368. The zero-order valence-corrected chi connectivity index (χ0v) is 12.2. The van der Waals surface area contributed by atoms with Crippen molar-refractivity contribution in [2.75, 3.05) is 0 Å². The quantitative estimate of drug-likeness (QED) is 0.537. The van der Waals surface area contributed by atoms with Gasteiger partial charge in [0.15, 0.2) is 0 Å². The molecule has 0 radical (unpaired) electrons. The Hall–Kier alpha value is -1.60. The molecule has 0 aromatic heterocycles. The van der Waals surface area contributed by atoms with Gasteiger partial charge in [-0.3, -0.25) is 0 Å². The fourth-order valence-corrected chi connectivity index (χ4v) is 2.73. The van der Waals surface area contributed by atoms with Crippen LogP contribution in [0.3, 0.4) is 0 Å². The van der Waals surface area contributed by atoms with Crippen LogP contribution in [0.2, 0.25) is 0 Å². The van der Waals surface area contributed by atoms with Gasteiger partial charge in [0.05, 0.1) is 0 Å². The molecule has 0 saturated carbocycles. The molecule has 0 aliphatic heterocycles. The van der Waals surface area contributed by atoms with Crippen molar-refractivity contribution in [3.63, 3.8) is 0 Å². The molecule has 2 N–H and O–H groups in total. The van der Waals surface area contributed by atoms with Gasteiger partial charge in [-0.25, -0.2) is 0 Å². The molecule has 0 bridgehead atoms. The van der Waals surface area contributed by atoms with Gasteiger partial charge in [0.1, 0.15) is 0 Å². The summed E-state index contributed by atoms with van der Waals surface area (Å²) < 4.78 is 0. The fourth-order valence-electron chi connectivity index (χ4n) is 2.73. The van der Waals surface area contributed by atoms with Crippen LogP contribution in [0.25, 0.3) is 10.8 Å². The van der Waals surface area contributed by atoms with Gasteiger partial charge >= 0.3 is 0 Å². The lowest BCUT2D eigenvalue weighted by atomic mass is 9.96. The third kappa shape index (κ3) is 4.21. The molecule has 1 nitrogen and oxygen atoms in total. The maximum atomic E-state index is 6.29. The van der Waals surface area contributed by atoms with Crippen LogP contribution in [-0.2, 0) is 6.42 Å². The number of unbranched alkanes of at least 4 members (excludes halogenated alkanes) is 3. The van der Waals surface area contributed by atoms with E-state index in [4.69, 9.17) is 5.73 Å². The summed E-state index contributed by atoms with van der Waals surface area (Å²) in [5.74, 6) is 0. The molecule has 2 aromatic rings. The summed E-state index contributed by atoms with van der Waals surface area (Å²) in [6, 6.07) is 15.3. The van der Waals surface area contributed by atoms with Gasteiger partial charge in [0.2, 0.25) is 0 Å². The predicted octanol–water partition coefficient (Wildman–Crippen LogP) is 4.85. The third-order valence-electron chi connectivity index (χ3n) is 3.85. The number of benzene rings is 2. The Labute approximate surface area is 122 Å². The molecule has 0 heterocycles. The van der Waals surface area contributed by atoms with E-state index in [1.165, 1.54) is 35.6 Å². The lowest BCUT2D eigenvalue weighted by molar-refractivity contribution is 0.552. The molecule has 0 saturated heterocycles. The number of hydrogen-bond acceptors (Lipinski definition) is 1. The average Bonchev–Trinajstić information content (AvgIpc) is 2.47. The highest BCUT2D eigenvalue weighted by atomic mass is 14.6. The molecule has 2 aromatic carbocycles. The number of fused-ring (bicyclic) bond motifs is 1. The van der Waals surface area contributed by atoms with Gasteiger partial charge in [-0.2, -0.15) is 0 Å². The predicted molar refractivity (Wildman–Crippen MR) is 88.9 cm³/mol. The zero-order chi connectivity index (χ0) is 14.2. The topological polar surface area (TPSA) is 26.0 Å². The molecular formula is C19H25N. The average molecular weight is 267 g/mol. The van der Waals surface area contributed by atoms with E-state index < -0.39 is 0 Å². The molecule has 106 valence electrons. The Bertz CT molecular complexity index is 539. The van der Waals surface area contributed by atoms with Crippen LogP contribution in [-0.4, -0.2) is 6.04 Å². The molecule has 20 heavy (non-hydrogen) atoms. The molecule has 0 spiro atoms. The van der Waals surface area contributed by atoms with Gasteiger partial charge in [-0.1, -0.05) is 61.4 Å². The smallest absolute Gasteiger partial charge is 0.00795 e. The number of hydrogen-bond donors (Lipinski definition) is 1. The molecular weight excluding hydrogens is 242 g/mol. The Kier molecular flexibility index (Phi) is 5.82. The number of allylic oxidation sites excluding steroid dienone is 1. The van der Waals surface area contributed by atoms with E-state index in [0.717, 1.165) is 19.3 Å². The minimum absolute atomic E-state index is 0.268. The largest absolute Gasteiger partial charge is 0.327 e. The van der Waals surface area contributed by atoms with Crippen molar-refractivity contribution in [3.05, 3.63) is 60.7 Å². The van der Waals surface area contributed by atoms with Crippen LogP contribution < -0.4 is 5.73 Å². The van der Waals surface area contributed by atoms with Crippen molar-refractivity contribution in [1.29, 1.82) is 0 Å². The first-order chi connectivity index (χ1) is 9.81. The number of rotatable bonds is 8. The summed E-state index contributed by atoms with van der Waals surface area (Å²) in [6.45, 7) is 3.75. The minimum Gasteiger partial charge on any atom is -0.327 e. The van der Waals surface area contributed by atoms with E-state index in [2.05, 4.69) is 49.0 Å². The Balaban J connectivity index is 1.89. The Morgan fingerprint density at radius 2 is 1.80 bits per heavy atom. The van der Waals surface area contributed by atoms with Crippen LogP contribution >= 0.6 is 0 Å². The second kappa shape index (κ2) is 7.86. The lowest BCUT2D eigenvalue weighted by Crippen LogP contribution is -2.22. The summed E-state index contributed by atoms with van der Waals surface area (Å²) in [6.07, 6.45) is 8.93. The summed E-state index contributed by atoms with van der Waals surface area (Å²) in [5, 5.41) is 2.65. The standard InChI is InChI=1S/C19H25N/c1-2-3-4-5-6-13-18(20)15-17-12-9-11-16-10-7-8-14-19(16)17/h2,7-12,14,18H,1,3-6,13,15,20H2. The van der Waals surface area contributed by atoms with E-state index >= 15 is 0 Å². The van der Waals surface area contributed by atoms with Crippen LogP contribution in [0, 0.1) is 0 Å². The van der Waals surface area contributed by atoms with E-state index in [9.17, 15) is 0 Å². The SMILES string of the molecule is C=CCCCCCC(N)Cc1cccc2ccccc12. The van der Waals surface area contributed by atoms with E-state index in [1.54, 1.807) is 0 Å². The van der Waals surface area contributed by atoms with Gasteiger partial charge in [-0.15, -0.1) is 6.58 Å². The monoisotopic (exact) mass is 267 g/mol. The van der Waals surface area contributed by atoms with Crippen molar-refractivity contribution in [2.24, 2.45) is 5.73 Å². The van der Waals surface area contributed by atoms with Crippen LogP contribution in [0.5, 0.6) is 0 Å². The molecule has 1 atom stereocenters. The van der Waals surface area contributed by atoms with Crippen LogP contribution in [0.1, 0.15) is 37.7 Å². The second-order valence-electron chi connectivity index (χ2n) is 5.53. The molecule has 1 unspecified atom stereocenters. The maximum absolute atomic E-state index is 6.29.